The molecule has 1 amide bonds. The lowest BCUT2D eigenvalue weighted by Crippen LogP contribution is -2.30. The highest BCUT2D eigenvalue weighted by molar-refractivity contribution is 5.98. The molecule has 1 aliphatic rings. The Labute approximate surface area is 166 Å². The number of phenolic OH excluding ortho intramolecular Hbond substituents is 1. The van der Waals surface area contributed by atoms with Crippen LogP contribution in [-0.4, -0.2) is 38.6 Å². The first-order chi connectivity index (χ1) is 13.8. The van der Waals surface area contributed by atoms with E-state index in [0.717, 1.165) is 0 Å². The number of aromatic hydroxyl groups is 1. The smallest absolute Gasteiger partial charge is 0.264 e. The van der Waals surface area contributed by atoms with Crippen LogP contribution in [0.1, 0.15) is 27.5 Å². The highest BCUT2D eigenvalue weighted by Crippen LogP contribution is 2.30. The van der Waals surface area contributed by atoms with E-state index in [1.807, 2.05) is 0 Å². The fraction of sp³-hybridized carbons (Fsp3) is 0.250. The van der Waals surface area contributed by atoms with Crippen molar-refractivity contribution in [2.75, 3.05) is 18.9 Å². The minimum absolute atomic E-state index is 0.0146. The molecule has 0 atom stereocenters. The van der Waals surface area contributed by atoms with Crippen LogP contribution in [0.2, 0.25) is 0 Å². The number of hydrogen-bond donors (Lipinski definition) is 3. The lowest BCUT2D eigenvalue weighted by molar-refractivity contribution is -0.0286. The minimum Gasteiger partial charge on any atom is -0.508 e. The van der Waals surface area contributed by atoms with Gasteiger partial charge in [-0.3, -0.25) is 18.8 Å². The van der Waals surface area contributed by atoms with Gasteiger partial charge in [-0.25, -0.2) is 0 Å². The molecule has 0 radical (unpaired) electrons. The third-order valence-electron chi connectivity index (χ3n) is 5.24. The fourth-order valence-corrected chi connectivity index (χ4v) is 3.48. The third kappa shape index (κ3) is 2.95. The molecule has 29 heavy (non-hydrogen) atoms. The Morgan fingerprint density at radius 2 is 2.03 bits per heavy atom. The van der Waals surface area contributed by atoms with E-state index in [-0.39, 0.29) is 28.7 Å². The number of nitrogens with two attached hydrogens (primary N) is 2. The molecule has 1 fully saturated rings. The van der Waals surface area contributed by atoms with Crippen molar-refractivity contribution >= 4 is 11.7 Å². The number of ether oxygens (including phenoxy) is 1. The van der Waals surface area contributed by atoms with Gasteiger partial charge in [-0.15, -0.1) is 0 Å². The van der Waals surface area contributed by atoms with Crippen LogP contribution in [0.5, 0.6) is 5.75 Å². The first kappa shape index (κ1) is 18.8. The second-order valence-corrected chi connectivity index (χ2v) is 7.14. The summed E-state index contributed by atoms with van der Waals surface area (Å²) in [6.07, 6.45) is 3.29. The Kier molecular flexibility index (Phi) is 4.39. The number of nitrogen functional groups attached to an aromatic ring is 1. The van der Waals surface area contributed by atoms with Crippen LogP contribution in [0, 0.1) is 13.8 Å². The number of benzene rings is 1. The zero-order chi connectivity index (χ0) is 20.9. The van der Waals surface area contributed by atoms with E-state index in [4.69, 9.17) is 16.2 Å². The molecule has 9 heteroatoms. The molecule has 4 rings (SSSR count). The number of carbonyl (C=O) groups is 1. The van der Waals surface area contributed by atoms with E-state index in [0.29, 0.717) is 35.6 Å². The van der Waals surface area contributed by atoms with E-state index in [9.17, 15) is 14.7 Å². The summed E-state index contributed by atoms with van der Waals surface area (Å²) in [5.41, 5.74) is 13.7. The maximum absolute atomic E-state index is 13.4. The number of aryl methyl sites for hydroxylation is 1. The van der Waals surface area contributed by atoms with Gasteiger partial charge in [-0.2, -0.15) is 5.10 Å². The SMILES string of the molecule is Cc1ccc(O)c(C)c1-n1c(N)c(C(N)=O)cc(-c2cnn(C3COC3)c2)c1=O. The molecule has 0 unspecified atom stereocenters. The average molecular weight is 395 g/mol. The van der Waals surface area contributed by atoms with Crippen molar-refractivity contribution in [3.63, 3.8) is 0 Å². The Morgan fingerprint density at radius 3 is 2.66 bits per heavy atom. The molecule has 9 nitrogen and oxygen atoms in total. The third-order valence-corrected chi connectivity index (χ3v) is 5.24. The fourth-order valence-electron chi connectivity index (χ4n) is 3.48. The number of amides is 1. The van der Waals surface area contributed by atoms with Crippen molar-refractivity contribution in [3.05, 3.63) is 57.6 Å². The van der Waals surface area contributed by atoms with Gasteiger partial charge in [0.05, 0.1) is 42.3 Å². The summed E-state index contributed by atoms with van der Waals surface area (Å²) in [6, 6.07) is 4.72. The van der Waals surface area contributed by atoms with E-state index < -0.39 is 11.5 Å². The predicted octanol–water partition coefficient (Wildman–Crippen LogP) is 1.28. The molecule has 0 spiro atoms. The highest BCUT2D eigenvalue weighted by atomic mass is 16.5. The molecule has 3 heterocycles. The molecular weight excluding hydrogens is 374 g/mol. The number of pyridine rings is 1. The second kappa shape index (κ2) is 6.78. The van der Waals surface area contributed by atoms with Crippen molar-refractivity contribution < 1.29 is 14.6 Å². The molecule has 0 aliphatic carbocycles. The Morgan fingerprint density at radius 1 is 1.31 bits per heavy atom. The van der Waals surface area contributed by atoms with Crippen LogP contribution >= 0.6 is 0 Å². The number of rotatable bonds is 4. The van der Waals surface area contributed by atoms with Crippen LogP contribution in [0.25, 0.3) is 16.8 Å². The summed E-state index contributed by atoms with van der Waals surface area (Å²) in [7, 11) is 0. The van der Waals surface area contributed by atoms with Crippen LogP contribution in [-0.2, 0) is 4.74 Å². The minimum atomic E-state index is -0.757. The van der Waals surface area contributed by atoms with E-state index >= 15 is 0 Å². The number of anilines is 1. The van der Waals surface area contributed by atoms with Gasteiger partial charge in [0.15, 0.2) is 0 Å². The number of carbonyl (C=O) groups excluding carboxylic acids is 1. The number of nitrogens with zero attached hydrogens (tertiary/aromatic N) is 3. The molecule has 1 aromatic carbocycles. The molecule has 5 N–H and O–H groups in total. The highest BCUT2D eigenvalue weighted by Gasteiger charge is 2.24. The quantitative estimate of drug-likeness (QED) is 0.608. The Balaban J connectivity index is 2.00. The number of primary amides is 1. The summed E-state index contributed by atoms with van der Waals surface area (Å²) in [6.45, 7) is 4.58. The van der Waals surface area contributed by atoms with Gasteiger partial charge in [0.25, 0.3) is 11.5 Å². The second-order valence-electron chi connectivity index (χ2n) is 7.14. The van der Waals surface area contributed by atoms with Crippen molar-refractivity contribution in [2.45, 2.75) is 19.9 Å². The zero-order valence-electron chi connectivity index (χ0n) is 16.0. The molecule has 0 saturated carbocycles. The molecular formula is C20H21N5O4. The lowest BCUT2D eigenvalue weighted by atomic mass is 10.0. The van der Waals surface area contributed by atoms with E-state index in [1.54, 1.807) is 43.1 Å². The first-order valence-electron chi connectivity index (χ1n) is 9.06. The van der Waals surface area contributed by atoms with Crippen LogP contribution < -0.4 is 17.0 Å². The molecule has 150 valence electrons. The zero-order valence-corrected chi connectivity index (χ0v) is 16.0. The summed E-state index contributed by atoms with van der Waals surface area (Å²) in [5.74, 6) is -0.823. The van der Waals surface area contributed by atoms with Gasteiger partial charge in [-0.05, 0) is 31.5 Å². The molecule has 3 aromatic rings. The van der Waals surface area contributed by atoms with Gasteiger partial charge >= 0.3 is 0 Å². The van der Waals surface area contributed by atoms with Gasteiger partial charge in [-0.1, -0.05) is 6.07 Å². The van der Waals surface area contributed by atoms with Crippen molar-refractivity contribution in [1.82, 2.24) is 14.3 Å². The first-order valence-corrected chi connectivity index (χ1v) is 9.06. The monoisotopic (exact) mass is 395 g/mol. The van der Waals surface area contributed by atoms with Gasteiger partial charge in [0.2, 0.25) is 0 Å². The standard InChI is InChI=1S/C20H21N5O4/c1-10-3-4-16(26)11(2)17(10)25-18(21)15(19(22)27)5-14(20(25)28)12-6-23-24(7-12)13-8-29-9-13/h3-7,13,26H,8-9,21H2,1-2H3,(H2,22,27). The molecule has 1 saturated heterocycles. The Hall–Kier alpha value is -3.59. The van der Waals surface area contributed by atoms with Gasteiger partial charge in [0.1, 0.15) is 11.6 Å². The summed E-state index contributed by atoms with van der Waals surface area (Å²) in [5, 5.41) is 14.5. The van der Waals surface area contributed by atoms with Crippen LogP contribution in [0.4, 0.5) is 5.82 Å². The van der Waals surface area contributed by atoms with E-state index in [2.05, 4.69) is 5.10 Å². The largest absolute Gasteiger partial charge is 0.508 e. The number of phenols is 1. The predicted molar refractivity (Wildman–Crippen MR) is 107 cm³/mol. The lowest BCUT2D eigenvalue weighted by Gasteiger charge is -2.25. The van der Waals surface area contributed by atoms with Crippen LogP contribution in [0.15, 0.2) is 35.4 Å². The summed E-state index contributed by atoms with van der Waals surface area (Å²) in [4.78, 5) is 25.5. The summed E-state index contributed by atoms with van der Waals surface area (Å²) < 4.78 is 8.14. The Bertz CT molecular complexity index is 1190. The number of hydrogen-bond acceptors (Lipinski definition) is 6. The maximum atomic E-state index is 13.4. The normalized spacial score (nSPS) is 14.0. The summed E-state index contributed by atoms with van der Waals surface area (Å²) >= 11 is 0. The van der Waals surface area contributed by atoms with Gasteiger partial charge in [0, 0.05) is 17.3 Å². The maximum Gasteiger partial charge on any atom is 0.264 e. The average Bonchev–Trinajstić information content (AvgIpc) is 3.08. The number of aromatic nitrogens is 3. The van der Waals surface area contributed by atoms with Gasteiger partial charge < -0.3 is 21.3 Å². The van der Waals surface area contributed by atoms with Crippen molar-refractivity contribution in [1.29, 1.82) is 0 Å². The van der Waals surface area contributed by atoms with Crippen LogP contribution in [0.3, 0.4) is 0 Å². The topological polar surface area (TPSA) is 138 Å². The molecule has 1 aliphatic heterocycles. The van der Waals surface area contributed by atoms with Crippen molar-refractivity contribution in [3.8, 4) is 22.6 Å². The van der Waals surface area contributed by atoms with E-state index in [1.165, 1.54) is 10.6 Å². The molecule has 0 bridgehead atoms. The van der Waals surface area contributed by atoms with Crippen molar-refractivity contribution in [2.24, 2.45) is 5.73 Å². The molecule has 2 aromatic heterocycles.